The molecule has 0 aromatic heterocycles. The highest BCUT2D eigenvalue weighted by Crippen LogP contribution is 2.31. The van der Waals surface area contributed by atoms with Crippen molar-refractivity contribution in [2.45, 2.75) is 13.2 Å². The lowest BCUT2D eigenvalue weighted by atomic mass is 10.2. The Morgan fingerprint density at radius 2 is 1.95 bits per heavy atom. The van der Waals surface area contributed by atoms with Gasteiger partial charge in [-0.15, -0.1) is 0 Å². The molecule has 0 spiro atoms. The van der Waals surface area contributed by atoms with E-state index in [0.29, 0.717) is 26.4 Å². The van der Waals surface area contributed by atoms with E-state index in [9.17, 15) is 9.50 Å². The molecule has 2 nitrogen and oxygen atoms in total. The number of aliphatic hydroxyl groups excluding tert-OH is 1. The molecular formula is C14H11BrClFO2. The molecule has 0 saturated heterocycles. The van der Waals surface area contributed by atoms with Crippen molar-refractivity contribution in [1.29, 1.82) is 0 Å². The molecule has 0 aliphatic carbocycles. The molecule has 0 atom stereocenters. The zero-order valence-corrected chi connectivity index (χ0v) is 12.2. The number of rotatable bonds is 4. The Morgan fingerprint density at radius 1 is 1.21 bits per heavy atom. The summed E-state index contributed by atoms with van der Waals surface area (Å²) in [6.07, 6.45) is 0. The molecule has 0 aliphatic heterocycles. The second kappa shape index (κ2) is 6.37. The number of para-hydroxylation sites is 1. The van der Waals surface area contributed by atoms with Crippen molar-refractivity contribution >= 4 is 27.5 Å². The highest BCUT2D eigenvalue weighted by molar-refractivity contribution is 9.10. The molecule has 0 heterocycles. The van der Waals surface area contributed by atoms with Crippen molar-refractivity contribution in [2.75, 3.05) is 0 Å². The largest absolute Gasteiger partial charge is 0.487 e. The van der Waals surface area contributed by atoms with Gasteiger partial charge in [0.05, 0.1) is 16.1 Å². The van der Waals surface area contributed by atoms with Gasteiger partial charge in [-0.25, -0.2) is 4.39 Å². The zero-order chi connectivity index (χ0) is 13.8. The van der Waals surface area contributed by atoms with E-state index in [4.69, 9.17) is 16.3 Å². The minimum absolute atomic E-state index is 0.00111. The molecule has 0 bridgehead atoms. The maximum Gasteiger partial charge on any atom is 0.139 e. The Kier molecular flexibility index (Phi) is 4.80. The second-order valence-corrected chi connectivity index (χ2v) is 5.14. The third-order valence-electron chi connectivity index (χ3n) is 2.64. The topological polar surface area (TPSA) is 29.5 Å². The molecule has 0 saturated carbocycles. The molecule has 0 radical (unpaired) electrons. The van der Waals surface area contributed by atoms with Crippen LogP contribution in [0.3, 0.4) is 0 Å². The van der Waals surface area contributed by atoms with Crippen LogP contribution in [0.4, 0.5) is 4.39 Å². The van der Waals surface area contributed by atoms with E-state index in [2.05, 4.69) is 15.9 Å². The molecule has 0 fully saturated rings. The highest BCUT2D eigenvalue weighted by atomic mass is 79.9. The first-order chi connectivity index (χ1) is 9.13. The zero-order valence-electron chi connectivity index (χ0n) is 9.87. The molecule has 1 N–H and O–H groups in total. The summed E-state index contributed by atoms with van der Waals surface area (Å²) in [6.45, 7) is -0.152. The van der Waals surface area contributed by atoms with Gasteiger partial charge in [0.1, 0.15) is 18.2 Å². The summed E-state index contributed by atoms with van der Waals surface area (Å²) < 4.78 is 19.9. The Bertz CT molecular complexity index is 569. The van der Waals surface area contributed by atoms with Gasteiger partial charge in [0.2, 0.25) is 0 Å². The number of hydrogen-bond donors (Lipinski definition) is 1. The van der Waals surface area contributed by atoms with Gasteiger partial charge in [-0.1, -0.05) is 29.8 Å². The van der Waals surface area contributed by atoms with Gasteiger partial charge in [0, 0.05) is 11.1 Å². The Balaban J connectivity index is 2.24. The summed E-state index contributed by atoms with van der Waals surface area (Å²) in [5.74, 6) is 0.0782. The van der Waals surface area contributed by atoms with Gasteiger partial charge in [-0.3, -0.25) is 0 Å². The smallest absolute Gasteiger partial charge is 0.139 e. The fraction of sp³-hybridized carbons (Fsp3) is 0.143. The summed E-state index contributed by atoms with van der Waals surface area (Å²) >= 11 is 9.26. The van der Waals surface area contributed by atoms with Crippen LogP contribution in [-0.2, 0) is 13.2 Å². The average Bonchev–Trinajstić information content (AvgIpc) is 2.39. The van der Waals surface area contributed by atoms with Crippen LogP contribution in [0.2, 0.25) is 5.02 Å². The number of benzene rings is 2. The van der Waals surface area contributed by atoms with Crippen LogP contribution < -0.4 is 4.74 Å². The maximum absolute atomic E-state index is 13.6. The molecule has 0 unspecified atom stereocenters. The number of aliphatic hydroxyl groups is 1. The van der Waals surface area contributed by atoms with Crippen LogP contribution in [0.25, 0.3) is 0 Å². The summed E-state index contributed by atoms with van der Waals surface area (Å²) in [7, 11) is 0. The fourth-order valence-electron chi connectivity index (χ4n) is 1.65. The molecule has 5 heteroatoms. The lowest BCUT2D eigenvalue weighted by Crippen LogP contribution is -2.02. The van der Waals surface area contributed by atoms with Crippen LogP contribution in [0.5, 0.6) is 5.75 Å². The summed E-state index contributed by atoms with van der Waals surface area (Å²) in [5, 5.41) is 9.57. The Hall–Kier alpha value is -1.10. The van der Waals surface area contributed by atoms with Gasteiger partial charge in [0.25, 0.3) is 0 Å². The van der Waals surface area contributed by atoms with Crippen molar-refractivity contribution in [1.82, 2.24) is 0 Å². The Labute approximate surface area is 123 Å². The van der Waals surface area contributed by atoms with Crippen molar-refractivity contribution in [2.24, 2.45) is 0 Å². The van der Waals surface area contributed by atoms with E-state index in [1.807, 2.05) is 0 Å². The quantitative estimate of drug-likeness (QED) is 0.894. The molecule has 0 amide bonds. The van der Waals surface area contributed by atoms with E-state index in [1.165, 1.54) is 6.07 Å². The first kappa shape index (κ1) is 14.3. The van der Waals surface area contributed by atoms with Crippen LogP contribution in [0.15, 0.2) is 40.9 Å². The van der Waals surface area contributed by atoms with Crippen molar-refractivity contribution in [3.05, 3.63) is 62.8 Å². The predicted molar refractivity (Wildman–Crippen MR) is 75.8 cm³/mol. The molecule has 2 aromatic rings. The van der Waals surface area contributed by atoms with Crippen molar-refractivity contribution in [3.8, 4) is 5.75 Å². The first-order valence-electron chi connectivity index (χ1n) is 5.57. The van der Waals surface area contributed by atoms with Crippen molar-refractivity contribution in [3.63, 3.8) is 0 Å². The van der Waals surface area contributed by atoms with E-state index >= 15 is 0 Å². The Morgan fingerprint density at radius 3 is 2.63 bits per heavy atom. The number of hydrogen-bond acceptors (Lipinski definition) is 2. The standard InChI is InChI=1S/C14H11BrClFO2/c15-11-4-1-3-9(7-18)14(11)19-8-10-12(16)5-2-6-13(10)17/h1-6,18H,7-8H2. The minimum Gasteiger partial charge on any atom is -0.487 e. The van der Waals surface area contributed by atoms with E-state index in [0.717, 1.165) is 0 Å². The summed E-state index contributed by atoms with van der Waals surface area (Å²) in [6, 6.07) is 9.80. The van der Waals surface area contributed by atoms with Gasteiger partial charge in [0.15, 0.2) is 0 Å². The van der Waals surface area contributed by atoms with Crippen molar-refractivity contribution < 1.29 is 14.2 Å². The van der Waals surface area contributed by atoms with Crippen LogP contribution in [0, 0.1) is 5.82 Å². The van der Waals surface area contributed by atoms with E-state index in [1.54, 1.807) is 30.3 Å². The van der Waals surface area contributed by atoms with Crippen LogP contribution in [-0.4, -0.2) is 5.11 Å². The average molecular weight is 346 g/mol. The molecule has 19 heavy (non-hydrogen) atoms. The lowest BCUT2D eigenvalue weighted by molar-refractivity contribution is 0.256. The second-order valence-electron chi connectivity index (χ2n) is 3.88. The highest BCUT2D eigenvalue weighted by Gasteiger charge is 2.11. The van der Waals surface area contributed by atoms with Gasteiger partial charge in [-0.2, -0.15) is 0 Å². The summed E-state index contributed by atoms with van der Waals surface area (Å²) in [5.41, 5.74) is 0.922. The minimum atomic E-state index is -0.412. The molecule has 0 aliphatic rings. The third-order valence-corrected chi connectivity index (χ3v) is 3.62. The monoisotopic (exact) mass is 344 g/mol. The predicted octanol–water partition coefficient (Wildman–Crippen LogP) is 4.31. The van der Waals surface area contributed by atoms with Gasteiger partial charge in [-0.05, 0) is 34.1 Å². The van der Waals surface area contributed by atoms with E-state index < -0.39 is 5.82 Å². The SMILES string of the molecule is OCc1cccc(Br)c1OCc1c(F)cccc1Cl. The molecule has 2 rings (SSSR count). The lowest BCUT2D eigenvalue weighted by Gasteiger charge is -2.13. The van der Waals surface area contributed by atoms with Crippen LogP contribution in [0.1, 0.15) is 11.1 Å². The normalized spacial score (nSPS) is 10.5. The van der Waals surface area contributed by atoms with Gasteiger partial charge < -0.3 is 9.84 Å². The fourth-order valence-corrected chi connectivity index (χ4v) is 2.39. The van der Waals surface area contributed by atoms with Crippen LogP contribution >= 0.6 is 27.5 Å². The molecule has 100 valence electrons. The van der Waals surface area contributed by atoms with Gasteiger partial charge >= 0.3 is 0 Å². The summed E-state index contributed by atoms with van der Waals surface area (Å²) in [4.78, 5) is 0. The maximum atomic E-state index is 13.6. The number of halogens is 3. The number of ether oxygens (including phenoxy) is 1. The van der Waals surface area contributed by atoms with E-state index in [-0.39, 0.29) is 13.2 Å². The third kappa shape index (κ3) is 3.26. The molecular weight excluding hydrogens is 335 g/mol. The molecule has 2 aromatic carbocycles. The first-order valence-corrected chi connectivity index (χ1v) is 6.74.